The van der Waals surface area contributed by atoms with E-state index >= 15 is 0 Å². The lowest BCUT2D eigenvalue weighted by Gasteiger charge is -2.17. The largest absolute Gasteiger partial charge is 0.366 e. The van der Waals surface area contributed by atoms with Crippen LogP contribution in [0.1, 0.15) is 17.5 Å². The fraction of sp³-hybridized carbons (Fsp3) is 0.353. The first-order valence-corrected chi connectivity index (χ1v) is 7.26. The van der Waals surface area contributed by atoms with Crippen LogP contribution in [0.4, 0.5) is 5.82 Å². The molecule has 104 valence electrons. The fourth-order valence-corrected chi connectivity index (χ4v) is 2.77. The van der Waals surface area contributed by atoms with E-state index in [2.05, 4.69) is 58.5 Å². The van der Waals surface area contributed by atoms with Crippen molar-refractivity contribution in [1.29, 1.82) is 0 Å². The van der Waals surface area contributed by atoms with E-state index in [0.29, 0.717) is 6.04 Å². The number of nitrogens with zero attached hydrogens (tertiary/aromatic N) is 2. The minimum Gasteiger partial charge on any atom is -0.366 e. The summed E-state index contributed by atoms with van der Waals surface area (Å²) in [5.41, 5.74) is 2.61. The molecule has 1 fully saturated rings. The van der Waals surface area contributed by atoms with Gasteiger partial charge in [0, 0.05) is 31.9 Å². The van der Waals surface area contributed by atoms with Gasteiger partial charge in [-0.05, 0) is 30.5 Å². The van der Waals surface area contributed by atoms with Gasteiger partial charge in [-0.2, -0.15) is 0 Å². The highest BCUT2D eigenvalue weighted by molar-refractivity contribution is 5.43. The van der Waals surface area contributed by atoms with Crippen molar-refractivity contribution < 1.29 is 0 Å². The normalized spacial score (nSPS) is 19.1. The van der Waals surface area contributed by atoms with Crippen LogP contribution in [0.15, 0.2) is 48.7 Å². The number of nitrogens with one attached hydrogen (secondary N) is 1. The third-order valence-electron chi connectivity index (χ3n) is 3.87. The Balaban J connectivity index is 1.56. The number of anilines is 1. The predicted molar refractivity (Wildman–Crippen MR) is 82.7 cm³/mol. The van der Waals surface area contributed by atoms with E-state index < -0.39 is 0 Å². The molecule has 1 unspecified atom stereocenters. The Morgan fingerprint density at radius 2 is 2.05 bits per heavy atom. The average Bonchev–Trinajstić information content (AvgIpc) is 2.90. The standard InChI is InChI=1S/C17H21N3/c1-14-6-5-10-18-17(14)19-16-9-11-20(13-16)12-15-7-3-2-4-8-15/h2-8,10,16H,9,11-13H2,1H3,(H,18,19). The lowest BCUT2D eigenvalue weighted by molar-refractivity contribution is 0.328. The molecular weight excluding hydrogens is 246 g/mol. The van der Waals surface area contributed by atoms with Crippen LogP contribution in [0.3, 0.4) is 0 Å². The highest BCUT2D eigenvalue weighted by Crippen LogP contribution is 2.18. The quantitative estimate of drug-likeness (QED) is 0.922. The molecule has 0 bridgehead atoms. The van der Waals surface area contributed by atoms with Crippen LogP contribution in [0.5, 0.6) is 0 Å². The van der Waals surface area contributed by atoms with Crippen molar-refractivity contribution in [2.24, 2.45) is 0 Å². The van der Waals surface area contributed by atoms with Gasteiger partial charge in [-0.1, -0.05) is 36.4 Å². The number of hydrogen-bond donors (Lipinski definition) is 1. The van der Waals surface area contributed by atoms with Crippen LogP contribution >= 0.6 is 0 Å². The molecule has 1 aliphatic heterocycles. The van der Waals surface area contributed by atoms with E-state index in [1.807, 2.05) is 12.3 Å². The van der Waals surface area contributed by atoms with E-state index in [-0.39, 0.29) is 0 Å². The van der Waals surface area contributed by atoms with Gasteiger partial charge in [-0.15, -0.1) is 0 Å². The number of aromatic nitrogens is 1. The van der Waals surface area contributed by atoms with Crippen molar-refractivity contribution in [3.8, 4) is 0 Å². The zero-order valence-corrected chi connectivity index (χ0v) is 11.9. The Morgan fingerprint density at radius 3 is 2.85 bits per heavy atom. The van der Waals surface area contributed by atoms with Gasteiger partial charge in [0.05, 0.1) is 0 Å². The second-order valence-corrected chi connectivity index (χ2v) is 5.52. The molecular formula is C17H21N3. The topological polar surface area (TPSA) is 28.2 Å². The van der Waals surface area contributed by atoms with Gasteiger partial charge in [0.15, 0.2) is 0 Å². The SMILES string of the molecule is Cc1cccnc1NC1CCN(Cc2ccccc2)C1. The molecule has 3 rings (SSSR count). The molecule has 3 heteroatoms. The lowest BCUT2D eigenvalue weighted by Crippen LogP contribution is -2.26. The maximum atomic E-state index is 4.42. The summed E-state index contributed by atoms with van der Waals surface area (Å²) in [6, 6.07) is 15.3. The fourth-order valence-electron chi connectivity index (χ4n) is 2.77. The van der Waals surface area contributed by atoms with Crippen molar-refractivity contribution in [3.63, 3.8) is 0 Å². The molecule has 1 aromatic carbocycles. The molecule has 3 nitrogen and oxygen atoms in total. The molecule has 1 aliphatic rings. The summed E-state index contributed by atoms with van der Waals surface area (Å²) in [5, 5.41) is 3.57. The molecule has 1 saturated heterocycles. The molecule has 0 saturated carbocycles. The van der Waals surface area contributed by atoms with Crippen molar-refractivity contribution in [3.05, 3.63) is 59.8 Å². The molecule has 0 aliphatic carbocycles. The van der Waals surface area contributed by atoms with E-state index in [9.17, 15) is 0 Å². The van der Waals surface area contributed by atoms with Crippen molar-refractivity contribution in [2.45, 2.75) is 25.9 Å². The molecule has 1 aromatic heterocycles. The first kappa shape index (κ1) is 13.1. The van der Waals surface area contributed by atoms with Gasteiger partial charge in [0.2, 0.25) is 0 Å². The Bertz CT molecular complexity index is 553. The molecule has 2 heterocycles. The van der Waals surface area contributed by atoms with Crippen molar-refractivity contribution in [1.82, 2.24) is 9.88 Å². The number of hydrogen-bond acceptors (Lipinski definition) is 3. The zero-order chi connectivity index (χ0) is 13.8. The Morgan fingerprint density at radius 1 is 1.20 bits per heavy atom. The second kappa shape index (κ2) is 6.06. The van der Waals surface area contributed by atoms with Crippen LogP contribution in [0.2, 0.25) is 0 Å². The Kier molecular flexibility index (Phi) is 3.97. The highest BCUT2D eigenvalue weighted by Gasteiger charge is 2.22. The first-order valence-electron chi connectivity index (χ1n) is 7.26. The van der Waals surface area contributed by atoms with Crippen LogP contribution in [0, 0.1) is 6.92 Å². The monoisotopic (exact) mass is 267 g/mol. The summed E-state index contributed by atoms with van der Waals surface area (Å²) in [6.07, 6.45) is 3.04. The summed E-state index contributed by atoms with van der Waals surface area (Å²) >= 11 is 0. The van der Waals surface area contributed by atoms with Crippen molar-refractivity contribution >= 4 is 5.82 Å². The Labute approximate surface area is 120 Å². The van der Waals surface area contributed by atoms with Crippen LogP contribution < -0.4 is 5.32 Å². The molecule has 0 radical (unpaired) electrons. The van der Waals surface area contributed by atoms with Gasteiger partial charge >= 0.3 is 0 Å². The van der Waals surface area contributed by atoms with Gasteiger partial charge in [-0.3, -0.25) is 4.90 Å². The van der Waals surface area contributed by atoms with Crippen LogP contribution in [-0.4, -0.2) is 29.0 Å². The third-order valence-corrected chi connectivity index (χ3v) is 3.87. The van der Waals surface area contributed by atoms with E-state index in [1.165, 1.54) is 17.5 Å². The summed E-state index contributed by atoms with van der Waals surface area (Å²) < 4.78 is 0. The number of aryl methyl sites for hydroxylation is 1. The van der Waals surface area contributed by atoms with Crippen molar-refractivity contribution in [2.75, 3.05) is 18.4 Å². The first-order chi connectivity index (χ1) is 9.81. The summed E-state index contributed by atoms with van der Waals surface area (Å²) in [5.74, 6) is 1.03. The highest BCUT2D eigenvalue weighted by atomic mass is 15.2. The van der Waals surface area contributed by atoms with Gasteiger partial charge in [0.1, 0.15) is 5.82 Å². The average molecular weight is 267 g/mol. The minimum absolute atomic E-state index is 0.507. The van der Waals surface area contributed by atoms with Crippen LogP contribution in [-0.2, 0) is 6.54 Å². The number of benzene rings is 1. The van der Waals surface area contributed by atoms with Crippen LogP contribution in [0.25, 0.3) is 0 Å². The third kappa shape index (κ3) is 3.17. The molecule has 0 spiro atoms. The minimum atomic E-state index is 0.507. The Hall–Kier alpha value is -1.87. The maximum Gasteiger partial charge on any atom is 0.129 e. The summed E-state index contributed by atoms with van der Waals surface area (Å²) in [6.45, 7) is 5.38. The smallest absolute Gasteiger partial charge is 0.129 e. The second-order valence-electron chi connectivity index (χ2n) is 5.52. The van der Waals surface area contributed by atoms with Gasteiger partial charge < -0.3 is 5.32 Å². The number of likely N-dealkylation sites (tertiary alicyclic amines) is 1. The molecule has 1 atom stereocenters. The predicted octanol–water partition coefficient (Wildman–Crippen LogP) is 3.08. The van der Waals surface area contributed by atoms with E-state index in [1.54, 1.807) is 0 Å². The number of pyridine rings is 1. The van der Waals surface area contributed by atoms with Gasteiger partial charge in [0.25, 0.3) is 0 Å². The lowest BCUT2D eigenvalue weighted by atomic mass is 10.2. The molecule has 0 amide bonds. The molecule has 2 aromatic rings. The zero-order valence-electron chi connectivity index (χ0n) is 11.9. The van der Waals surface area contributed by atoms with E-state index in [4.69, 9.17) is 0 Å². The van der Waals surface area contributed by atoms with Gasteiger partial charge in [-0.25, -0.2) is 4.98 Å². The maximum absolute atomic E-state index is 4.42. The molecule has 20 heavy (non-hydrogen) atoms. The summed E-state index contributed by atoms with van der Waals surface area (Å²) in [7, 11) is 0. The summed E-state index contributed by atoms with van der Waals surface area (Å²) in [4.78, 5) is 6.93. The van der Waals surface area contributed by atoms with E-state index in [0.717, 1.165) is 25.5 Å². The number of rotatable bonds is 4. The molecule has 1 N–H and O–H groups in total.